The molecule has 0 unspecified atom stereocenters. The van der Waals surface area contributed by atoms with Crippen molar-refractivity contribution in [3.8, 4) is 0 Å². The van der Waals surface area contributed by atoms with E-state index in [0.29, 0.717) is 0 Å². The highest BCUT2D eigenvalue weighted by Gasteiger charge is 2.11. The lowest BCUT2D eigenvalue weighted by Crippen LogP contribution is -2.05. The molecule has 0 radical (unpaired) electrons. The molecule has 2 rings (SSSR count). The summed E-state index contributed by atoms with van der Waals surface area (Å²) < 4.78 is 39.1. The van der Waals surface area contributed by atoms with Crippen LogP contribution in [0.4, 0.5) is 18.9 Å². The summed E-state index contributed by atoms with van der Waals surface area (Å²) in [6.07, 6.45) is -0.210. The monoisotopic (exact) mass is 265 g/mol. The molecule has 5 heteroatoms. The minimum absolute atomic E-state index is 0.0617. The van der Waals surface area contributed by atoms with Gasteiger partial charge in [-0.3, -0.25) is 4.79 Å². The van der Waals surface area contributed by atoms with Crippen LogP contribution in [0.1, 0.15) is 15.9 Å². The molecule has 2 N–H and O–H groups in total. The fourth-order valence-electron chi connectivity index (χ4n) is 1.70. The Balaban J connectivity index is 2.22. The SMILES string of the molecule is Nc1ccc(C(=O)Cc2cc(F)cc(F)c2)cc1F. The Hall–Kier alpha value is -2.30. The number of carbonyl (C=O) groups excluding carboxylic acids is 1. The lowest BCUT2D eigenvalue weighted by molar-refractivity contribution is 0.0992. The highest BCUT2D eigenvalue weighted by Crippen LogP contribution is 2.15. The first-order valence-electron chi connectivity index (χ1n) is 5.49. The molecule has 2 aromatic rings. The minimum atomic E-state index is -0.758. The molecular weight excluding hydrogens is 255 g/mol. The number of halogens is 3. The Kier molecular flexibility index (Phi) is 3.55. The molecule has 0 spiro atoms. The molecular formula is C14H10F3NO. The minimum Gasteiger partial charge on any atom is -0.396 e. The predicted molar refractivity (Wildman–Crippen MR) is 65.2 cm³/mol. The second kappa shape index (κ2) is 5.14. The zero-order valence-corrected chi connectivity index (χ0v) is 9.79. The first kappa shape index (κ1) is 13.1. The summed E-state index contributed by atoms with van der Waals surface area (Å²) in [4.78, 5) is 11.8. The molecule has 0 aromatic heterocycles. The quantitative estimate of drug-likeness (QED) is 0.684. The lowest BCUT2D eigenvalue weighted by atomic mass is 10.0. The highest BCUT2D eigenvalue weighted by molar-refractivity contribution is 5.97. The van der Waals surface area contributed by atoms with Crippen LogP contribution >= 0.6 is 0 Å². The Morgan fingerprint density at radius 3 is 2.21 bits per heavy atom. The maximum atomic E-state index is 13.2. The summed E-state index contributed by atoms with van der Waals surface area (Å²) in [6, 6.07) is 6.50. The van der Waals surface area contributed by atoms with Crippen LogP contribution in [0.2, 0.25) is 0 Å². The van der Waals surface area contributed by atoms with Gasteiger partial charge in [0, 0.05) is 18.1 Å². The molecule has 0 heterocycles. The van der Waals surface area contributed by atoms with Gasteiger partial charge in [0.15, 0.2) is 5.78 Å². The molecule has 0 aliphatic heterocycles. The van der Waals surface area contributed by atoms with Gasteiger partial charge >= 0.3 is 0 Å². The fraction of sp³-hybridized carbons (Fsp3) is 0.0714. The van der Waals surface area contributed by atoms with E-state index in [4.69, 9.17) is 5.73 Å². The molecule has 0 saturated heterocycles. The number of carbonyl (C=O) groups is 1. The Morgan fingerprint density at radius 1 is 1.00 bits per heavy atom. The third-order valence-electron chi connectivity index (χ3n) is 2.61. The number of nitrogens with two attached hydrogens (primary N) is 1. The molecule has 0 aliphatic carbocycles. The highest BCUT2D eigenvalue weighted by atomic mass is 19.1. The van der Waals surface area contributed by atoms with Gasteiger partial charge in [0.2, 0.25) is 0 Å². The van der Waals surface area contributed by atoms with E-state index in [1.807, 2.05) is 0 Å². The van der Waals surface area contributed by atoms with Crippen molar-refractivity contribution in [3.63, 3.8) is 0 Å². The van der Waals surface area contributed by atoms with Gasteiger partial charge in [-0.1, -0.05) is 0 Å². The molecule has 19 heavy (non-hydrogen) atoms. The molecule has 2 aromatic carbocycles. The first-order valence-corrected chi connectivity index (χ1v) is 5.49. The van der Waals surface area contributed by atoms with Crippen molar-refractivity contribution >= 4 is 11.5 Å². The summed E-state index contributed by atoms with van der Waals surface area (Å²) in [6.45, 7) is 0. The van der Waals surface area contributed by atoms with Crippen LogP contribution in [0.5, 0.6) is 0 Å². The number of hydrogen-bond acceptors (Lipinski definition) is 2. The Morgan fingerprint density at radius 2 is 1.63 bits per heavy atom. The van der Waals surface area contributed by atoms with Crippen molar-refractivity contribution in [1.82, 2.24) is 0 Å². The molecule has 98 valence electrons. The largest absolute Gasteiger partial charge is 0.396 e. The van der Waals surface area contributed by atoms with Gasteiger partial charge in [0.25, 0.3) is 0 Å². The van der Waals surface area contributed by atoms with Crippen LogP contribution in [-0.2, 0) is 6.42 Å². The van der Waals surface area contributed by atoms with E-state index >= 15 is 0 Å². The van der Waals surface area contributed by atoms with E-state index in [2.05, 4.69) is 0 Å². The number of rotatable bonds is 3. The van der Waals surface area contributed by atoms with Gasteiger partial charge < -0.3 is 5.73 Å². The average molecular weight is 265 g/mol. The number of nitrogen functional groups attached to an aromatic ring is 1. The summed E-state index contributed by atoms with van der Waals surface area (Å²) in [7, 11) is 0. The van der Waals surface area contributed by atoms with Crippen LogP contribution in [0.15, 0.2) is 36.4 Å². The molecule has 0 fully saturated rings. The zero-order valence-electron chi connectivity index (χ0n) is 9.79. The van der Waals surface area contributed by atoms with Gasteiger partial charge in [0.05, 0.1) is 5.69 Å². The summed E-state index contributed by atoms with van der Waals surface area (Å²) in [5.74, 6) is -2.65. The molecule has 0 bridgehead atoms. The normalized spacial score (nSPS) is 10.5. The third kappa shape index (κ3) is 3.13. The maximum absolute atomic E-state index is 13.2. The van der Waals surface area contributed by atoms with E-state index < -0.39 is 23.2 Å². The number of hydrogen-bond donors (Lipinski definition) is 1. The van der Waals surface area contributed by atoms with Crippen molar-refractivity contribution < 1.29 is 18.0 Å². The average Bonchev–Trinajstić information content (AvgIpc) is 2.31. The number of ketones is 1. The van der Waals surface area contributed by atoms with E-state index in [1.165, 1.54) is 12.1 Å². The summed E-state index contributed by atoms with van der Waals surface area (Å²) in [5.41, 5.74) is 5.54. The topological polar surface area (TPSA) is 43.1 Å². The molecule has 0 aliphatic rings. The molecule has 2 nitrogen and oxygen atoms in total. The van der Waals surface area contributed by atoms with E-state index in [9.17, 15) is 18.0 Å². The van der Waals surface area contributed by atoms with Crippen LogP contribution in [0, 0.1) is 17.5 Å². The van der Waals surface area contributed by atoms with Crippen LogP contribution < -0.4 is 5.73 Å². The first-order chi connectivity index (χ1) is 8.95. The number of benzene rings is 2. The van der Waals surface area contributed by atoms with Crippen LogP contribution in [0.25, 0.3) is 0 Å². The molecule has 0 saturated carbocycles. The second-order valence-corrected chi connectivity index (χ2v) is 4.11. The van der Waals surface area contributed by atoms with E-state index in [0.717, 1.165) is 24.3 Å². The number of anilines is 1. The van der Waals surface area contributed by atoms with Gasteiger partial charge in [-0.15, -0.1) is 0 Å². The van der Waals surface area contributed by atoms with Crippen molar-refractivity contribution in [3.05, 3.63) is 65.0 Å². The Labute approximate surface area is 107 Å². The van der Waals surface area contributed by atoms with E-state index in [-0.39, 0.29) is 23.2 Å². The number of Topliss-reactive ketones (excluding diaryl/α,β-unsaturated/α-hetero) is 1. The van der Waals surface area contributed by atoms with Crippen molar-refractivity contribution in [2.75, 3.05) is 5.73 Å². The standard InChI is InChI=1S/C14H10F3NO/c15-10-3-8(4-11(16)7-10)5-14(19)9-1-2-13(18)12(17)6-9/h1-4,6-7H,5,18H2. The second-order valence-electron chi connectivity index (χ2n) is 4.11. The summed E-state index contributed by atoms with van der Waals surface area (Å²) >= 11 is 0. The van der Waals surface area contributed by atoms with E-state index in [1.54, 1.807) is 0 Å². The van der Waals surface area contributed by atoms with Crippen LogP contribution in [-0.4, -0.2) is 5.78 Å². The zero-order chi connectivity index (χ0) is 14.0. The fourth-order valence-corrected chi connectivity index (χ4v) is 1.70. The smallest absolute Gasteiger partial charge is 0.167 e. The third-order valence-corrected chi connectivity index (χ3v) is 2.61. The van der Waals surface area contributed by atoms with Gasteiger partial charge in [-0.2, -0.15) is 0 Å². The Bertz CT molecular complexity index is 620. The molecule has 0 atom stereocenters. The molecule has 0 amide bonds. The predicted octanol–water partition coefficient (Wildman–Crippen LogP) is 3.11. The van der Waals surface area contributed by atoms with Crippen molar-refractivity contribution in [2.24, 2.45) is 0 Å². The maximum Gasteiger partial charge on any atom is 0.167 e. The lowest BCUT2D eigenvalue weighted by Gasteiger charge is -2.04. The van der Waals surface area contributed by atoms with Gasteiger partial charge in [-0.05, 0) is 35.9 Å². The van der Waals surface area contributed by atoms with Gasteiger partial charge in [-0.25, -0.2) is 13.2 Å². The van der Waals surface area contributed by atoms with Gasteiger partial charge in [0.1, 0.15) is 17.5 Å². The van der Waals surface area contributed by atoms with Crippen LogP contribution in [0.3, 0.4) is 0 Å². The van der Waals surface area contributed by atoms with Crippen molar-refractivity contribution in [2.45, 2.75) is 6.42 Å². The van der Waals surface area contributed by atoms with Crippen molar-refractivity contribution in [1.29, 1.82) is 0 Å². The summed E-state index contributed by atoms with van der Waals surface area (Å²) in [5, 5.41) is 0.